The summed E-state index contributed by atoms with van der Waals surface area (Å²) in [5.74, 6) is -0.832. The molecule has 2 N–H and O–H groups in total. The molecule has 6 heteroatoms. The van der Waals surface area contributed by atoms with E-state index in [1.54, 1.807) is 36.4 Å². The van der Waals surface area contributed by atoms with Gasteiger partial charge in [-0.2, -0.15) is 0 Å². The van der Waals surface area contributed by atoms with Crippen LogP contribution in [-0.2, 0) is 4.74 Å². The van der Waals surface area contributed by atoms with E-state index >= 15 is 0 Å². The monoisotopic (exact) mass is 390 g/mol. The van der Waals surface area contributed by atoms with Crippen molar-refractivity contribution in [2.24, 2.45) is 0 Å². The van der Waals surface area contributed by atoms with Crippen molar-refractivity contribution in [1.29, 1.82) is 0 Å². The third-order valence-electron chi connectivity index (χ3n) is 4.06. The molecule has 3 rings (SSSR count). The first kappa shape index (κ1) is 19.3. The van der Waals surface area contributed by atoms with Crippen LogP contribution in [0.2, 0.25) is 0 Å². The van der Waals surface area contributed by atoms with Crippen molar-refractivity contribution < 1.29 is 14.3 Å². The quantitative estimate of drug-likeness (QED) is 0.514. The van der Waals surface area contributed by atoms with Gasteiger partial charge in [0.2, 0.25) is 0 Å². The van der Waals surface area contributed by atoms with Crippen molar-refractivity contribution in [2.75, 3.05) is 12.4 Å². The van der Waals surface area contributed by atoms with E-state index in [0.717, 1.165) is 11.1 Å². The Labute approximate surface area is 168 Å². The largest absolute Gasteiger partial charge is 0.465 e. The number of esters is 1. The number of rotatable bonds is 4. The lowest BCUT2D eigenvalue weighted by Crippen LogP contribution is -2.34. The molecule has 0 spiro atoms. The topological polar surface area (TPSA) is 67.4 Å². The van der Waals surface area contributed by atoms with Crippen LogP contribution in [0.1, 0.15) is 20.7 Å². The summed E-state index contributed by atoms with van der Waals surface area (Å²) in [5.41, 5.74) is 3.36. The molecule has 5 nitrogen and oxygen atoms in total. The first-order valence-electron chi connectivity index (χ1n) is 8.53. The zero-order chi connectivity index (χ0) is 19.9. The van der Waals surface area contributed by atoms with Gasteiger partial charge in [-0.25, -0.2) is 4.79 Å². The molecule has 28 heavy (non-hydrogen) atoms. The number of anilines is 1. The second-order valence-corrected chi connectivity index (χ2v) is 6.30. The van der Waals surface area contributed by atoms with Crippen LogP contribution < -0.4 is 10.6 Å². The molecule has 0 saturated carbocycles. The van der Waals surface area contributed by atoms with Crippen molar-refractivity contribution >= 4 is 34.9 Å². The molecule has 3 aromatic carbocycles. The number of methoxy groups -OCH3 is 1. The summed E-state index contributed by atoms with van der Waals surface area (Å²) >= 11 is 5.20. The van der Waals surface area contributed by atoms with E-state index in [1.807, 2.05) is 42.5 Å². The third kappa shape index (κ3) is 4.61. The van der Waals surface area contributed by atoms with E-state index in [9.17, 15) is 9.59 Å². The van der Waals surface area contributed by atoms with Gasteiger partial charge in [0, 0.05) is 5.56 Å². The van der Waals surface area contributed by atoms with E-state index in [4.69, 9.17) is 17.0 Å². The molecule has 1 amide bonds. The number of hydrogen-bond donors (Lipinski definition) is 2. The molecular weight excluding hydrogens is 372 g/mol. The zero-order valence-corrected chi connectivity index (χ0v) is 16.0. The Balaban J connectivity index is 1.67. The van der Waals surface area contributed by atoms with Crippen LogP contribution in [-0.4, -0.2) is 24.1 Å². The lowest BCUT2D eigenvalue weighted by Gasteiger charge is -2.12. The van der Waals surface area contributed by atoms with Gasteiger partial charge < -0.3 is 10.1 Å². The summed E-state index contributed by atoms with van der Waals surface area (Å²) in [6, 6.07) is 23.9. The summed E-state index contributed by atoms with van der Waals surface area (Å²) in [5, 5.41) is 5.57. The zero-order valence-electron chi connectivity index (χ0n) is 15.1. The number of carbonyl (C=O) groups excluding carboxylic acids is 2. The van der Waals surface area contributed by atoms with Crippen molar-refractivity contribution in [3.63, 3.8) is 0 Å². The number of benzene rings is 3. The van der Waals surface area contributed by atoms with Gasteiger partial charge in [-0.3, -0.25) is 10.1 Å². The first-order valence-corrected chi connectivity index (χ1v) is 8.94. The number of hydrogen-bond acceptors (Lipinski definition) is 4. The SMILES string of the molecule is COC(=O)c1ccccc1NC(=S)NC(=O)c1ccc(-c2ccccc2)cc1. The van der Waals surface area contributed by atoms with Gasteiger partial charge in [-0.1, -0.05) is 54.6 Å². The highest BCUT2D eigenvalue weighted by molar-refractivity contribution is 7.80. The summed E-state index contributed by atoms with van der Waals surface area (Å²) in [6.07, 6.45) is 0. The second kappa shape index (κ2) is 8.92. The van der Waals surface area contributed by atoms with Gasteiger partial charge in [0.05, 0.1) is 18.4 Å². The van der Waals surface area contributed by atoms with Crippen molar-refractivity contribution in [3.8, 4) is 11.1 Å². The number of thiocarbonyl (C=S) groups is 1. The Morgan fingerprint density at radius 2 is 1.43 bits per heavy atom. The highest BCUT2D eigenvalue weighted by Gasteiger charge is 2.13. The maximum absolute atomic E-state index is 12.4. The number of carbonyl (C=O) groups is 2. The van der Waals surface area contributed by atoms with E-state index in [2.05, 4.69) is 10.6 Å². The van der Waals surface area contributed by atoms with Crippen LogP contribution in [0.5, 0.6) is 0 Å². The molecule has 140 valence electrons. The Morgan fingerprint density at radius 1 is 0.821 bits per heavy atom. The maximum Gasteiger partial charge on any atom is 0.339 e. The predicted octanol–water partition coefficient (Wildman–Crippen LogP) is 4.27. The van der Waals surface area contributed by atoms with Gasteiger partial charge >= 0.3 is 5.97 Å². The number of para-hydroxylation sites is 1. The van der Waals surface area contributed by atoms with Crippen LogP contribution in [0.3, 0.4) is 0 Å². The molecule has 0 aliphatic rings. The van der Waals surface area contributed by atoms with Gasteiger partial charge in [0.15, 0.2) is 5.11 Å². The average Bonchev–Trinajstić information content (AvgIpc) is 2.74. The van der Waals surface area contributed by atoms with Crippen LogP contribution in [0.15, 0.2) is 78.9 Å². The molecule has 0 unspecified atom stereocenters. The van der Waals surface area contributed by atoms with Crippen molar-refractivity contribution in [3.05, 3.63) is 90.0 Å². The van der Waals surface area contributed by atoms with E-state index < -0.39 is 5.97 Å². The van der Waals surface area contributed by atoms with Gasteiger partial charge in [0.1, 0.15) is 0 Å². The fourth-order valence-corrected chi connectivity index (χ4v) is 2.86. The minimum absolute atomic E-state index is 0.0912. The third-order valence-corrected chi connectivity index (χ3v) is 4.27. The van der Waals surface area contributed by atoms with E-state index in [-0.39, 0.29) is 11.0 Å². The Kier molecular flexibility index (Phi) is 6.14. The smallest absolute Gasteiger partial charge is 0.339 e. The van der Waals surface area contributed by atoms with Crippen LogP contribution in [0, 0.1) is 0 Å². The van der Waals surface area contributed by atoms with Gasteiger partial charge in [-0.05, 0) is 47.6 Å². The number of nitrogens with one attached hydrogen (secondary N) is 2. The fraction of sp³-hybridized carbons (Fsp3) is 0.0455. The molecule has 0 radical (unpaired) electrons. The molecule has 0 heterocycles. The normalized spacial score (nSPS) is 10.0. The highest BCUT2D eigenvalue weighted by atomic mass is 32.1. The highest BCUT2D eigenvalue weighted by Crippen LogP contribution is 2.19. The molecule has 0 aliphatic carbocycles. The minimum Gasteiger partial charge on any atom is -0.465 e. The minimum atomic E-state index is -0.492. The number of ether oxygens (including phenoxy) is 1. The second-order valence-electron chi connectivity index (χ2n) is 5.89. The summed E-state index contributed by atoms with van der Waals surface area (Å²) in [6.45, 7) is 0. The van der Waals surface area contributed by atoms with Crippen LogP contribution >= 0.6 is 12.2 Å². The summed E-state index contributed by atoms with van der Waals surface area (Å²) in [4.78, 5) is 24.3. The standard InChI is InChI=1S/C22H18N2O3S/c1-27-21(26)18-9-5-6-10-19(18)23-22(28)24-20(25)17-13-11-16(12-14-17)15-7-3-2-4-8-15/h2-14H,1H3,(H2,23,24,25,28). The Hall–Kier alpha value is -3.51. The molecule has 0 fully saturated rings. The van der Waals surface area contributed by atoms with Crippen molar-refractivity contribution in [1.82, 2.24) is 5.32 Å². The number of amides is 1. The Bertz CT molecular complexity index is 1000. The molecule has 0 saturated heterocycles. The molecule has 0 aliphatic heterocycles. The first-order chi connectivity index (χ1) is 13.6. The molecule has 0 aromatic heterocycles. The lowest BCUT2D eigenvalue weighted by molar-refractivity contribution is 0.0602. The molecule has 3 aromatic rings. The summed E-state index contributed by atoms with van der Waals surface area (Å²) < 4.78 is 4.75. The summed E-state index contributed by atoms with van der Waals surface area (Å²) in [7, 11) is 1.30. The average molecular weight is 390 g/mol. The fourth-order valence-electron chi connectivity index (χ4n) is 2.65. The van der Waals surface area contributed by atoms with Crippen LogP contribution in [0.4, 0.5) is 5.69 Å². The van der Waals surface area contributed by atoms with E-state index in [1.165, 1.54) is 7.11 Å². The van der Waals surface area contributed by atoms with Crippen LogP contribution in [0.25, 0.3) is 11.1 Å². The van der Waals surface area contributed by atoms with Gasteiger partial charge in [-0.15, -0.1) is 0 Å². The predicted molar refractivity (Wildman–Crippen MR) is 113 cm³/mol. The van der Waals surface area contributed by atoms with E-state index in [0.29, 0.717) is 16.8 Å². The lowest BCUT2D eigenvalue weighted by atomic mass is 10.0. The molecule has 0 bridgehead atoms. The maximum atomic E-state index is 12.4. The Morgan fingerprint density at radius 3 is 2.11 bits per heavy atom. The van der Waals surface area contributed by atoms with Crippen molar-refractivity contribution in [2.45, 2.75) is 0 Å². The van der Waals surface area contributed by atoms with Gasteiger partial charge in [0.25, 0.3) is 5.91 Å². The molecule has 0 atom stereocenters. The molecular formula is C22H18N2O3S.